The number of carbonyl (C=O) groups excluding carboxylic acids is 3. The molecule has 0 bridgehead atoms. The van der Waals surface area contributed by atoms with Crippen molar-refractivity contribution in [3.05, 3.63) is 83.9 Å². The quantitative estimate of drug-likeness (QED) is 0.260. The molecule has 3 aliphatic heterocycles. The molecule has 0 radical (unpaired) electrons. The third kappa shape index (κ3) is 5.28. The summed E-state index contributed by atoms with van der Waals surface area (Å²) in [5.41, 5.74) is 1.40. The summed E-state index contributed by atoms with van der Waals surface area (Å²) in [7, 11) is 0. The number of β-lactam (4-membered cyclic amide) rings is 1. The number of hydrogen-bond donors (Lipinski definition) is 1. The van der Waals surface area contributed by atoms with Crippen LogP contribution in [0.2, 0.25) is 0 Å². The number of carbonyl (C=O) groups is 3. The molecule has 8 nitrogen and oxygen atoms in total. The highest BCUT2D eigenvalue weighted by Crippen LogP contribution is 2.49. The van der Waals surface area contributed by atoms with Gasteiger partial charge < -0.3 is 24.4 Å². The summed E-state index contributed by atoms with van der Waals surface area (Å²) in [6.45, 7) is 9.44. The number of hydrogen-bond acceptors (Lipinski definition) is 7. The fourth-order valence-electron chi connectivity index (χ4n) is 6.04. The summed E-state index contributed by atoms with van der Waals surface area (Å²) in [6.07, 6.45) is 3.64. The maximum atomic E-state index is 13.1. The number of fused-ring (bicyclic) bond motifs is 2. The highest BCUT2D eigenvalue weighted by molar-refractivity contribution is 8.03. The van der Waals surface area contributed by atoms with Gasteiger partial charge in [-0.3, -0.25) is 4.79 Å². The maximum absolute atomic E-state index is 13.1. The van der Waals surface area contributed by atoms with Crippen LogP contribution in [0.3, 0.4) is 0 Å². The van der Waals surface area contributed by atoms with E-state index in [4.69, 9.17) is 9.47 Å². The van der Waals surface area contributed by atoms with Crippen LogP contribution >= 0.6 is 11.8 Å². The SMILES string of the molecule is C=CCOC(=O)C1=C(S[C@H]2C[C@H](Cc3cccc4ccccc34)N(C(=O)OCC=C)C2)C[C@@H]2[C@@H]([C@@H](C)O)C(=O)N12. The first-order valence-corrected chi connectivity index (χ1v) is 14.4. The average molecular weight is 563 g/mol. The van der Waals surface area contributed by atoms with Crippen LogP contribution in [0.25, 0.3) is 10.8 Å². The van der Waals surface area contributed by atoms with E-state index in [-0.39, 0.29) is 42.2 Å². The number of rotatable bonds is 10. The van der Waals surface area contributed by atoms with Crippen molar-refractivity contribution in [3.63, 3.8) is 0 Å². The van der Waals surface area contributed by atoms with E-state index in [9.17, 15) is 19.5 Å². The summed E-state index contributed by atoms with van der Waals surface area (Å²) >= 11 is 1.52. The number of ether oxygens (including phenoxy) is 2. The maximum Gasteiger partial charge on any atom is 0.410 e. The van der Waals surface area contributed by atoms with E-state index in [1.54, 1.807) is 17.9 Å². The first kappa shape index (κ1) is 28.0. The topological polar surface area (TPSA) is 96.4 Å². The van der Waals surface area contributed by atoms with Crippen LogP contribution in [0.4, 0.5) is 4.79 Å². The van der Waals surface area contributed by atoms with E-state index in [2.05, 4.69) is 37.4 Å². The number of likely N-dealkylation sites (tertiary alicyclic amines) is 1. The molecule has 3 aliphatic rings. The molecule has 2 fully saturated rings. The molecule has 0 spiro atoms. The van der Waals surface area contributed by atoms with Crippen molar-refractivity contribution in [3.8, 4) is 0 Å². The molecule has 0 aliphatic carbocycles. The van der Waals surface area contributed by atoms with E-state index in [0.717, 1.165) is 21.2 Å². The van der Waals surface area contributed by atoms with Gasteiger partial charge in [-0.2, -0.15) is 0 Å². The Hall–Kier alpha value is -3.56. The van der Waals surface area contributed by atoms with Crippen molar-refractivity contribution >= 4 is 40.5 Å². The molecule has 2 saturated heterocycles. The zero-order chi connectivity index (χ0) is 28.4. The van der Waals surface area contributed by atoms with Gasteiger partial charge in [0, 0.05) is 29.2 Å². The molecule has 9 heteroatoms. The second-order valence-corrected chi connectivity index (χ2v) is 11.8. The predicted molar refractivity (Wildman–Crippen MR) is 154 cm³/mol. The Morgan fingerprint density at radius 2 is 1.85 bits per heavy atom. The first-order chi connectivity index (χ1) is 19.3. The molecule has 2 aromatic carbocycles. The smallest absolute Gasteiger partial charge is 0.410 e. The Bertz CT molecular complexity index is 1370. The predicted octanol–water partition coefficient (Wildman–Crippen LogP) is 4.43. The second kappa shape index (κ2) is 11.9. The number of nitrogens with zero attached hydrogens (tertiary/aromatic N) is 2. The fraction of sp³-hybridized carbons (Fsp3) is 0.387. The number of thioether (sulfide) groups is 1. The highest BCUT2D eigenvalue weighted by atomic mass is 32.2. The van der Waals surface area contributed by atoms with Gasteiger partial charge in [-0.05, 0) is 36.1 Å². The highest BCUT2D eigenvalue weighted by Gasteiger charge is 2.57. The van der Waals surface area contributed by atoms with Crippen LogP contribution < -0.4 is 0 Å². The first-order valence-electron chi connectivity index (χ1n) is 13.5. The minimum atomic E-state index is -0.810. The molecule has 0 saturated carbocycles. The summed E-state index contributed by atoms with van der Waals surface area (Å²) < 4.78 is 10.8. The lowest BCUT2D eigenvalue weighted by Gasteiger charge is -2.44. The summed E-state index contributed by atoms with van der Waals surface area (Å²) in [4.78, 5) is 43.0. The largest absolute Gasteiger partial charge is 0.457 e. The molecule has 5 rings (SSSR count). The zero-order valence-electron chi connectivity index (χ0n) is 22.5. The third-order valence-electron chi connectivity index (χ3n) is 7.79. The molecule has 0 unspecified atom stereocenters. The molecule has 40 heavy (non-hydrogen) atoms. The van der Waals surface area contributed by atoms with Gasteiger partial charge in [0.2, 0.25) is 5.91 Å². The Labute approximate surface area is 238 Å². The van der Waals surface area contributed by atoms with Gasteiger partial charge >= 0.3 is 12.1 Å². The molecule has 1 N–H and O–H groups in total. The van der Waals surface area contributed by atoms with E-state index < -0.39 is 24.1 Å². The van der Waals surface area contributed by atoms with Gasteiger partial charge in [-0.15, -0.1) is 11.8 Å². The Balaban J connectivity index is 1.40. The van der Waals surface area contributed by atoms with Crippen molar-refractivity contribution in [1.82, 2.24) is 9.80 Å². The van der Waals surface area contributed by atoms with Crippen molar-refractivity contribution in [2.45, 2.75) is 49.6 Å². The van der Waals surface area contributed by atoms with Gasteiger partial charge in [0.25, 0.3) is 0 Å². The normalized spacial score (nSPS) is 24.5. The number of benzene rings is 2. The number of aliphatic hydroxyl groups is 1. The lowest BCUT2D eigenvalue weighted by Crippen LogP contribution is -2.61. The Morgan fingerprint density at radius 1 is 1.12 bits per heavy atom. The standard InChI is InChI=1S/C31H34N2O6S/c1-4-13-38-30(36)28-26(17-25-27(19(3)34)29(35)33(25)28)40-23-16-22(32(18-23)31(37)39-14-5-2)15-21-11-8-10-20-9-6-7-12-24(20)21/h4-12,19,22-23,25,27,34H,1-2,13-18H2,3H3/t19-,22+,23+,25-,27-/m1/s1. The van der Waals surface area contributed by atoms with Gasteiger partial charge in [0.15, 0.2) is 0 Å². The Kier molecular flexibility index (Phi) is 8.32. The van der Waals surface area contributed by atoms with E-state index in [1.807, 2.05) is 18.2 Å². The minimum Gasteiger partial charge on any atom is -0.457 e. The van der Waals surface area contributed by atoms with Crippen molar-refractivity contribution in [2.75, 3.05) is 19.8 Å². The fourth-order valence-corrected chi connectivity index (χ4v) is 7.56. The van der Waals surface area contributed by atoms with Crippen LogP contribution in [0.5, 0.6) is 0 Å². The van der Waals surface area contributed by atoms with Crippen LogP contribution in [-0.2, 0) is 25.5 Å². The van der Waals surface area contributed by atoms with Crippen molar-refractivity contribution in [2.24, 2.45) is 5.92 Å². The minimum absolute atomic E-state index is 0.0211. The molecular weight excluding hydrogens is 528 g/mol. The molecular formula is C31H34N2O6S. The zero-order valence-corrected chi connectivity index (χ0v) is 23.3. The molecule has 2 amide bonds. The van der Waals surface area contributed by atoms with Crippen molar-refractivity contribution in [1.29, 1.82) is 0 Å². The summed E-state index contributed by atoms with van der Waals surface area (Å²) in [5.74, 6) is -1.39. The monoisotopic (exact) mass is 562 g/mol. The molecule has 2 aromatic rings. The molecule has 0 aromatic heterocycles. The van der Waals surface area contributed by atoms with Crippen LogP contribution in [-0.4, -0.2) is 76.1 Å². The van der Waals surface area contributed by atoms with Crippen LogP contribution in [0.15, 0.2) is 78.4 Å². The van der Waals surface area contributed by atoms with Crippen LogP contribution in [0.1, 0.15) is 25.3 Å². The Morgan fingerprint density at radius 3 is 2.60 bits per heavy atom. The van der Waals surface area contributed by atoms with E-state index >= 15 is 0 Å². The van der Waals surface area contributed by atoms with Gasteiger partial charge in [-0.1, -0.05) is 67.8 Å². The third-order valence-corrected chi connectivity index (χ3v) is 9.11. The van der Waals surface area contributed by atoms with Crippen LogP contribution in [0, 0.1) is 5.92 Å². The summed E-state index contributed by atoms with van der Waals surface area (Å²) in [6, 6.07) is 14.0. The van der Waals surface area contributed by atoms with E-state index in [0.29, 0.717) is 25.8 Å². The average Bonchev–Trinajstić information content (AvgIpc) is 3.49. The van der Waals surface area contributed by atoms with Crippen molar-refractivity contribution < 1.29 is 29.0 Å². The second-order valence-electron chi connectivity index (χ2n) is 10.4. The summed E-state index contributed by atoms with van der Waals surface area (Å²) in [5, 5.41) is 12.4. The van der Waals surface area contributed by atoms with Gasteiger partial charge in [-0.25, -0.2) is 9.59 Å². The number of esters is 1. The van der Waals surface area contributed by atoms with Gasteiger partial charge in [0.05, 0.1) is 18.1 Å². The van der Waals surface area contributed by atoms with E-state index in [1.165, 1.54) is 22.7 Å². The van der Waals surface area contributed by atoms with Gasteiger partial charge in [0.1, 0.15) is 18.9 Å². The molecule has 5 atom stereocenters. The molecule has 210 valence electrons. The number of amides is 2. The molecule has 3 heterocycles. The number of aliphatic hydroxyl groups excluding tert-OH is 1. The lowest BCUT2D eigenvalue weighted by atomic mass is 9.83. The lowest BCUT2D eigenvalue weighted by molar-refractivity contribution is -0.162.